The van der Waals surface area contributed by atoms with Gasteiger partial charge in [0.25, 0.3) is 0 Å². The van der Waals surface area contributed by atoms with Crippen molar-refractivity contribution in [2.75, 3.05) is 13.7 Å². The van der Waals surface area contributed by atoms with Gasteiger partial charge in [0, 0.05) is 19.7 Å². The summed E-state index contributed by atoms with van der Waals surface area (Å²) in [7, 11) is 1.87. The molecule has 1 aromatic carbocycles. The lowest BCUT2D eigenvalue weighted by molar-refractivity contribution is -0.0714. The number of nitrogens with one attached hydrogen (secondary N) is 1. The van der Waals surface area contributed by atoms with Crippen molar-refractivity contribution in [3.63, 3.8) is 0 Å². The minimum atomic E-state index is 0.163. The lowest BCUT2D eigenvalue weighted by Gasteiger charge is -2.42. The van der Waals surface area contributed by atoms with Crippen LogP contribution in [0.15, 0.2) is 30.3 Å². The second kappa shape index (κ2) is 6.28. The summed E-state index contributed by atoms with van der Waals surface area (Å²) in [5.41, 5.74) is 1.69. The maximum atomic E-state index is 5.69. The molecule has 2 heteroatoms. The van der Waals surface area contributed by atoms with E-state index in [0.29, 0.717) is 6.04 Å². The average Bonchev–Trinajstić information content (AvgIpc) is 2.48. The number of hydrogen-bond acceptors (Lipinski definition) is 2. The van der Waals surface area contributed by atoms with E-state index in [0.717, 1.165) is 12.5 Å². The molecule has 0 atom stereocenters. The van der Waals surface area contributed by atoms with Gasteiger partial charge in [0.05, 0.1) is 5.60 Å². The second-order valence-electron chi connectivity index (χ2n) is 6.58. The van der Waals surface area contributed by atoms with Crippen LogP contribution in [0, 0.1) is 0 Å². The third-order valence-corrected chi connectivity index (χ3v) is 5.41. The van der Waals surface area contributed by atoms with Gasteiger partial charge in [-0.1, -0.05) is 30.3 Å². The molecule has 1 N–H and O–H groups in total. The maximum Gasteiger partial charge on any atom is 0.0802 e. The smallest absolute Gasteiger partial charge is 0.0802 e. The zero-order valence-electron chi connectivity index (χ0n) is 12.6. The monoisotopic (exact) mass is 273 g/mol. The fraction of sp³-hybridized carbons (Fsp3) is 0.667. The molecule has 0 amide bonds. The van der Waals surface area contributed by atoms with Crippen molar-refractivity contribution in [1.82, 2.24) is 5.32 Å². The van der Waals surface area contributed by atoms with E-state index in [9.17, 15) is 0 Å². The van der Waals surface area contributed by atoms with E-state index in [-0.39, 0.29) is 5.60 Å². The number of ether oxygens (including phenoxy) is 1. The van der Waals surface area contributed by atoms with Gasteiger partial charge >= 0.3 is 0 Å². The number of benzene rings is 1. The van der Waals surface area contributed by atoms with Gasteiger partial charge < -0.3 is 10.1 Å². The summed E-state index contributed by atoms with van der Waals surface area (Å²) in [6, 6.07) is 11.7. The summed E-state index contributed by atoms with van der Waals surface area (Å²) in [6.45, 7) is 1.05. The Bertz CT molecular complexity index is 399. The quantitative estimate of drug-likeness (QED) is 0.879. The van der Waals surface area contributed by atoms with E-state index in [4.69, 9.17) is 4.74 Å². The van der Waals surface area contributed by atoms with Gasteiger partial charge in [-0.15, -0.1) is 0 Å². The lowest BCUT2D eigenvalue weighted by atomic mass is 9.78. The van der Waals surface area contributed by atoms with E-state index >= 15 is 0 Å². The molecule has 2 fully saturated rings. The van der Waals surface area contributed by atoms with Crippen LogP contribution in [0.2, 0.25) is 0 Å². The third-order valence-electron chi connectivity index (χ3n) is 5.41. The van der Waals surface area contributed by atoms with Gasteiger partial charge in [0.15, 0.2) is 0 Å². The number of rotatable bonds is 5. The molecule has 110 valence electrons. The highest BCUT2D eigenvalue weighted by atomic mass is 16.5. The van der Waals surface area contributed by atoms with Crippen molar-refractivity contribution in [1.29, 1.82) is 0 Å². The van der Waals surface area contributed by atoms with Gasteiger partial charge in [-0.3, -0.25) is 0 Å². The molecule has 0 heterocycles. The van der Waals surface area contributed by atoms with E-state index in [1.807, 2.05) is 7.11 Å². The molecule has 0 aliphatic heterocycles. The van der Waals surface area contributed by atoms with Gasteiger partial charge in [0.1, 0.15) is 0 Å². The highest BCUT2D eigenvalue weighted by molar-refractivity contribution is 5.20. The van der Waals surface area contributed by atoms with Crippen molar-refractivity contribution in [2.45, 2.75) is 62.5 Å². The van der Waals surface area contributed by atoms with Crippen molar-refractivity contribution in [3.05, 3.63) is 35.9 Å². The van der Waals surface area contributed by atoms with Crippen LogP contribution in [0.5, 0.6) is 0 Å². The van der Waals surface area contributed by atoms with Crippen LogP contribution < -0.4 is 5.32 Å². The van der Waals surface area contributed by atoms with Crippen molar-refractivity contribution >= 4 is 0 Å². The fourth-order valence-corrected chi connectivity index (χ4v) is 3.71. The first kappa shape index (κ1) is 14.1. The summed E-state index contributed by atoms with van der Waals surface area (Å²) < 4.78 is 5.69. The Morgan fingerprint density at radius 2 is 1.80 bits per heavy atom. The molecular formula is C18H27NO. The lowest BCUT2D eigenvalue weighted by Crippen LogP contribution is -2.50. The first-order valence-electron chi connectivity index (χ1n) is 8.15. The van der Waals surface area contributed by atoms with E-state index in [1.54, 1.807) is 0 Å². The highest BCUT2D eigenvalue weighted by Gasteiger charge is 2.37. The van der Waals surface area contributed by atoms with Crippen molar-refractivity contribution in [3.8, 4) is 0 Å². The predicted molar refractivity (Wildman–Crippen MR) is 83.0 cm³/mol. The summed E-state index contributed by atoms with van der Waals surface area (Å²) >= 11 is 0. The molecule has 0 radical (unpaired) electrons. The zero-order chi connectivity index (χ0) is 13.8. The molecular weight excluding hydrogens is 246 g/mol. The Morgan fingerprint density at radius 1 is 1.10 bits per heavy atom. The molecule has 20 heavy (non-hydrogen) atoms. The Labute approximate surface area is 122 Å². The molecule has 0 bridgehead atoms. The predicted octanol–water partition coefficient (Wildman–Crippen LogP) is 3.87. The van der Waals surface area contributed by atoms with Crippen LogP contribution in [0.1, 0.15) is 56.4 Å². The second-order valence-corrected chi connectivity index (χ2v) is 6.58. The molecule has 1 aromatic rings. The van der Waals surface area contributed by atoms with Gasteiger partial charge in [0.2, 0.25) is 0 Å². The number of hydrogen-bond donors (Lipinski definition) is 1. The Morgan fingerprint density at radius 3 is 2.35 bits per heavy atom. The third kappa shape index (κ3) is 3.07. The molecule has 2 saturated carbocycles. The van der Waals surface area contributed by atoms with Gasteiger partial charge in [-0.2, -0.15) is 0 Å². The van der Waals surface area contributed by atoms with Crippen LogP contribution in [0.4, 0.5) is 0 Å². The summed E-state index contributed by atoms with van der Waals surface area (Å²) in [4.78, 5) is 0. The molecule has 2 nitrogen and oxygen atoms in total. The fourth-order valence-electron chi connectivity index (χ4n) is 3.71. The molecule has 0 saturated heterocycles. The van der Waals surface area contributed by atoms with E-state index < -0.39 is 0 Å². The molecule has 2 aliphatic rings. The first-order chi connectivity index (χ1) is 9.81. The topological polar surface area (TPSA) is 21.3 Å². The van der Waals surface area contributed by atoms with Crippen LogP contribution in [-0.2, 0) is 4.74 Å². The summed E-state index contributed by atoms with van der Waals surface area (Å²) in [6.07, 6.45) is 9.05. The van der Waals surface area contributed by atoms with E-state index in [1.165, 1.54) is 50.5 Å². The van der Waals surface area contributed by atoms with Gasteiger partial charge in [-0.25, -0.2) is 0 Å². The molecule has 0 aromatic heterocycles. The normalized spacial score (nSPS) is 28.9. The highest BCUT2D eigenvalue weighted by Crippen LogP contribution is 2.36. The Balaban J connectivity index is 1.44. The molecule has 0 spiro atoms. The van der Waals surface area contributed by atoms with Crippen molar-refractivity contribution in [2.24, 2.45) is 0 Å². The minimum Gasteiger partial charge on any atom is -0.377 e. The van der Waals surface area contributed by atoms with Crippen LogP contribution >= 0.6 is 0 Å². The largest absolute Gasteiger partial charge is 0.377 e. The summed E-state index contributed by atoms with van der Waals surface area (Å²) in [5, 5.41) is 3.76. The van der Waals surface area contributed by atoms with Gasteiger partial charge in [-0.05, 0) is 56.4 Å². The molecule has 2 aliphatic carbocycles. The van der Waals surface area contributed by atoms with Crippen LogP contribution in [0.3, 0.4) is 0 Å². The zero-order valence-corrected chi connectivity index (χ0v) is 12.6. The Hall–Kier alpha value is -0.860. The average molecular weight is 273 g/mol. The molecule has 0 unspecified atom stereocenters. The molecule has 3 rings (SSSR count). The van der Waals surface area contributed by atoms with Crippen LogP contribution in [0.25, 0.3) is 0 Å². The van der Waals surface area contributed by atoms with Crippen molar-refractivity contribution < 1.29 is 4.74 Å². The maximum absolute atomic E-state index is 5.69. The SMILES string of the molecule is COC1(CNC2CCC(c3ccccc3)CC2)CCC1. The number of methoxy groups -OCH3 is 1. The Kier molecular flexibility index (Phi) is 4.42. The minimum absolute atomic E-state index is 0.163. The van der Waals surface area contributed by atoms with E-state index in [2.05, 4.69) is 35.6 Å². The first-order valence-corrected chi connectivity index (χ1v) is 8.15. The summed E-state index contributed by atoms with van der Waals surface area (Å²) in [5.74, 6) is 0.773. The van der Waals surface area contributed by atoms with Crippen LogP contribution in [-0.4, -0.2) is 25.3 Å². The standard InChI is InChI=1S/C18H27NO/c1-20-18(12-5-13-18)14-19-17-10-8-16(9-11-17)15-6-3-2-4-7-15/h2-4,6-7,16-17,19H,5,8-14H2,1H3.